The lowest BCUT2D eigenvalue weighted by Crippen LogP contribution is -2.10. The van der Waals surface area contributed by atoms with E-state index in [1.165, 1.54) is 21.3 Å². The normalized spacial score (nSPS) is 10.7. The van der Waals surface area contributed by atoms with Gasteiger partial charge in [-0.2, -0.15) is 0 Å². The summed E-state index contributed by atoms with van der Waals surface area (Å²) < 4.78 is 72.5. The van der Waals surface area contributed by atoms with E-state index < -0.39 is 0 Å². The maximum atomic E-state index is 5.96. The van der Waals surface area contributed by atoms with Crippen molar-refractivity contribution in [3.05, 3.63) is 17.2 Å². The predicted molar refractivity (Wildman–Crippen MR) is 157 cm³/mol. The molecule has 0 atom stereocenters. The molecule has 2 rings (SSSR count). The van der Waals surface area contributed by atoms with Crippen LogP contribution < -0.4 is 42.6 Å². The van der Waals surface area contributed by atoms with Crippen LogP contribution in [0.1, 0.15) is 30.4 Å². The largest absolute Gasteiger partial charge is 0.493 e. The first kappa shape index (κ1) is 35.7. The van der Waals surface area contributed by atoms with Crippen molar-refractivity contribution in [2.45, 2.75) is 32.1 Å². The van der Waals surface area contributed by atoms with Crippen LogP contribution in [0, 0.1) is 0 Å². The molecular formula is C30H46O13. The molecule has 0 saturated carbocycles. The number of benzene rings is 2. The van der Waals surface area contributed by atoms with Gasteiger partial charge < -0.3 is 61.6 Å². The molecule has 0 aliphatic rings. The highest BCUT2D eigenvalue weighted by Gasteiger charge is 2.29. The van der Waals surface area contributed by atoms with Crippen molar-refractivity contribution < 1.29 is 61.6 Å². The minimum atomic E-state index is -0.0144. The van der Waals surface area contributed by atoms with Gasteiger partial charge in [0.15, 0.2) is 61.7 Å². The van der Waals surface area contributed by atoms with Crippen molar-refractivity contribution in [2.75, 3.05) is 91.2 Å². The van der Waals surface area contributed by atoms with E-state index in [0.717, 1.165) is 30.4 Å². The first-order valence-corrected chi connectivity index (χ1v) is 13.6. The fraction of sp³-hybridized carbons (Fsp3) is 0.600. The molecule has 0 aliphatic carbocycles. The third kappa shape index (κ3) is 9.23. The number of hydrogen-bond acceptors (Lipinski definition) is 13. The predicted octanol–water partition coefficient (Wildman–Crippen LogP) is 4.62. The van der Waals surface area contributed by atoms with Crippen LogP contribution in [0.25, 0.3) is 0 Å². The minimum Gasteiger partial charge on any atom is -0.493 e. The zero-order valence-electron chi connectivity index (χ0n) is 26.7. The van der Waals surface area contributed by atoms with E-state index in [2.05, 4.69) is 0 Å². The van der Waals surface area contributed by atoms with Crippen molar-refractivity contribution in [2.24, 2.45) is 0 Å². The second-order valence-electron chi connectivity index (χ2n) is 8.92. The Morgan fingerprint density at radius 3 is 1.30 bits per heavy atom. The van der Waals surface area contributed by atoms with Gasteiger partial charge >= 0.3 is 0 Å². The Labute approximate surface area is 254 Å². The van der Waals surface area contributed by atoms with Crippen LogP contribution in [0.3, 0.4) is 0 Å². The fourth-order valence-electron chi connectivity index (χ4n) is 4.56. The molecule has 0 radical (unpaired) electrons. The standard InChI is InChI=1S/C30H46O13/c1-31-16-40-23-15-22(35-5)25(41-17-32-2)20(24(23)36-6)13-11-10-12-14-21-26(37-7)30(43-19-34-4)29(39-9)28(38-8)27(21)42-18-33-3/h15H,10-14,16-19H2,1-9H3. The summed E-state index contributed by atoms with van der Waals surface area (Å²) in [6.45, 7) is 0.0797. The van der Waals surface area contributed by atoms with Gasteiger partial charge in [-0.3, -0.25) is 0 Å². The van der Waals surface area contributed by atoms with Crippen LogP contribution in [0.5, 0.6) is 51.7 Å². The zero-order valence-corrected chi connectivity index (χ0v) is 26.7. The van der Waals surface area contributed by atoms with Crippen molar-refractivity contribution in [1.29, 1.82) is 0 Å². The second kappa shape index (κ2) is 19.6. The van der Waals surface area contributed by atoms with Crippen molar-refractivity contribution in [3.63, 3.8) is 0 Å². The molecule has 13 heteroatoms. The summed E-state index contributed by atoms with van der Waals surface area (Å²) in [4.78, 5) is 0. The molecule has 2 aromatic rings. The molecule has 0 N–H and O–H groups in total. The number of ether oxygens (including phenoxy) is 13. The van der Waals surface area contributed by atoms with Gasteiger partial charge in [0.1, 0.15) is 0 Å². The maximum absolute atomic E-state index is 5.96. The molecule has 0 amide bonds. The molecule has 0 spiro atoms. The lowest BCUT2D eigenvalue weighted by molar-refractivity contribution is 0.0424. The summed E-state index contributed by atoms with van der Waals surface area (Å²) in [6, 6.07) is 1.71. The molecule has 244 valence electrons. The summed E-state index contributed by atoms with van der Waals surface area (Å²) in [6.07, 6.45) is 3.57. The fourth-order valence-corrected chi connectivity index (χ4v) is 4.56. The SMILES string of the molecule is COCOc1cc(OC)c(OCOC)c(CCCCCc2c(OCOC)c(OC)c(OC)c(OCOC)c2OC)c1OC. The quantitative estimate of drug-likeness (QED) is 0.128. The van der Waals surface area contributed by atoms with E-state index in [0.29, 0.717) is 64.6 Å². The van der Waals surface area contributed by atoms with Crippen LogP contribution in [0.15, 0.2) is 6.07 Å². The Hall–Kier alpha value is -3.52. The highest BCUT2D eigenvalue weighted by molar-refractivity contribution is 5.70. The Morgan fingerprint density at radius 1 is 0.372 bits per heavy atom. The van der Waals surface area contributed by atoms with Crippen LogP contribution >= 0.6 is 0 Å². The van der Waals surface area contributed by atoms with Crippen LogP contribution in [0.2, 0.25) is 0 Å². The molecule has 13 nitrogen and oxygen atoms in total. The average molecular weight is 615 g/mol. The van der Waals surface area contributed by atoms with Gasteiger partial charge in [-0.05, 0) is 25.7 Å². The van der Waals surface area contributed by atoms with Gasteiger partial charge in [0, 0.05) is 45.6 Å². The van der Waals surface area contributed by atoms with E-state index in [1.807, 2.05) is 0 Å². The highest BCUT2D eigenvalue weighted by Crippen LogP contribution is 2.54. The van der Waals surface area contributed by atoms with E-state index in [4.69, 9.17) is 61.6 Å². The number of unbranched alkanes of at least 4 members (excludes halogenated alkanes) is 2. The minimum absolute atomic E-state index is 0.00129. The number of hydrogen-bond donors (Lipinski definition) is 0. The summed E-state index contributed by atoms with van der Waals surface area (Å²) in [7, 11) is 13.9. The van der Waals surface area contributed by atoms with E-state index in [9.17, 15) is 0 Å². The van der Waals surface area contributed by atoms with Crippen molar-refractivity contribution >= 4 is 0 Å². The topological polar surface area (TPSA) is 120 Å². The molecule has 0 unspecified atom stereocenters. The smallest absolute Gasteiger partial charge is 0.211 e. The Kier molecular flexibility index (Phi) is 16.3. The first-order chi connectivity index (χ1) is 21.0. The molecule has 0 aliphatic heterocycles. The average Bonchev–Trinajstić information content (AvgIpc) is 3.03. The van der Waals surface area contributed by atoms with Crippen LogP contribution in [0.4, 0.5) is 0 Å². The molecule has 0 heterocycles. The summed E-state index contributed by atoms with van der Waals surface area (Å²) in [5.41, 5.74) is 1.55. The molecule has 0 saturated heterocycles. The number of methoxy groups -OCH3 is 9. The van der Waals surface area contributed by atoms with E-state index >= 15 is 0 Å². The van der Waals surface area contributed by atoms with E-state index in [-0.39, 0.29) is 27.2 Å². The van der Waals surface area contributed by atoms with Gasteiger partial charge in [0.25, 0.3) is 0 Å². The molecule has 0 fully saturated rings. The molecule has 43 heavy (non-hydrogen) atoms. The van der Waals surface area contributed by atoms with Gasteiger partial charge in [-0.15, -0.1) is 0 Å². The lowest BCUT2D eigenvalue weighted by Gasteiger charge is -2.23. The molecule has 0 bridgehead atoms. The lowest BCUT2D eigenvalue weighted by atomic mass is 9.99. The van der Waals surface area contributed by atoms with Gasteiger partial charge in [-0.1, -0.05) is 6.42 Å². The highest BCUT2D eigenvalue weighted by atomic mass is 16.7. The summed E-state index contributed by atoms with van der Waals surface area (Å²) in [5, 5.41) is 0. The van der Waals surface area contributed by atoms with Crippen LogP contribution in [-0.2, 0) is 31.8 Å². The van der Waals surface area contributed by atoms with E-state index in [1.54, 1.807) is 48.7 Å². The zero-order chi connectivity index (χ0) is 31.6. The first-order valence-electron chi connectivity index (χ1n) is 13.6. The molecular weight excluding hydrogens is 568 g/mol. The number of rotatable bonds is 23. The van der Waals surface area contributed by atoms with Gasteiger partial charge in [0.2, 0.25) is 17.2 Å². The summed E-state index contributed by atoms with van der Waals surface area (Å²) >= 11 is 0. The Bertz CT molecular complexity index is 1110. The van der Waals surface area contributed by atoms with Gasteiger partial charge in [-0.25, -0.2) is 0 Å². The summed E-state index contributed by atoms with van der Waals surface area (Å²) in [5.74, 6) is 4.02. The van der Waals surface area contributed by atoms with Crippen molar-refractivity contribution in [3.8, 4) is 51.7 Å². The molecule has 2 aromatic carbocycles. The van der Waals surface area contributed by atoms with Crippen LogP contribution in [-0.4, -0.2) is 91.2 Å². The third-order valence-corrected chi connectivity index (χ3v) is 6.32. The second-order valence-corrected chi connectivity index (χ2v) is 8.92. The van der Waals surface area contributed by atoms with Crippen molar-refractivity contribution in [1.82, 2.24) is 0 Å². The Balaban J connectivity index is 2.38. The van der Waals surface area contributed by atoms with Gasteiger partial charge in [0.05, 0.1) is 35.5 Å². The third-order valence-electron chi connectivity index (χ3n) is 6.32. The Morgan fingerprint density at radius 2 is 0.814 bits per heavy atom. The maximum Gasteiger partial charge on any atom is 0.211 e. The monoisotopic (exact) mass is 614 g/mol. The molecule has 0 aromatic heterocycles.